The summed E-state index contributed by atoms with van der Waals surface area (Å²) in [6.45, 7) is 5.82. The molecule has 1 amide bonds. The Morgan fingerprint density at radius 2 is 2.07 bits per heavy atom. The molecule has 5 nitrogen and oxygen atoms in total. The Balaban J connectivity index is 3.68. The number of hydrogen-bond donors (Lipinski definition) is 2. The number of rotatable bonds is 5. The van der Waals surface area contributed by atoms with E-state index in [1.165, 1.54) is 0 Å². The Hall–Kier alpha value is -1.10. The van der Waals surface area contributed by atoms with E-state index in [2.05, 4.69) is 10.6 Å². The van der Waals surface area contributed by atoms with Crippen LogP contribution in [0.5, 0.6) is 0 Å². The molecule has 0 saturated heterocycles. The molecule has 15 heavy (non-hydrogen) atoms. The van der Waals surface area contributed by atoms with Gasteiger partial charge in [0, 0.05) is 6.54 Å². The number of alkyl carbamates (subject to hydrolysis) is 1. The van der Waals surface area contributed by atoms with Crippen LogP contribution in [0.25, 0.3) is 0 Å². The summed E-state index contributed by atoms with van der Waals surface area (Å²) in [6, 6.07) is -0.222. The normalized spacial score (nSPS) is 13.1. The van der Waals surface area contributed by atoms with Crippen molar-refractivity contribution < 1.29 is 14.3 Å². The molecular weight excluding hydrogens is 196 g/mol. The molecule has 5 heteroatoms. The molecule has 0 radical (unpaired) electrons. The highest BCUT2D eigenvalue weighted by molar-refractivity contribution is 5.67. The van der Waals surface area contributed by atoms with Gasteiger partial charge >= 0.3 is 6.09 Å². The fourth-order valence-electron chi connectivity index (χ4n) is 0.924. The van der Waals surface area contributed by atoms with Gasteiger partial charge in [0.2, 0.25) is 0 Å². The molecule has 0 aliphatic carbocycles. The van der Waals surface area contributed by atoms with Crippen LogP contribution in [-0.2, 0) is 9.53 Å². The second kappa shape index (κ2) is 6.40. The summed E-state index contributed by atoms with van der Waals surface area (Å²) in [4.78, 5) is 21.6. The lowest BCUT2D eigenvalue weighted by atomic mass is 10.2. The topological polar surface area (TPSA) is 67.4 Å². The Bertz CT molecular complexity index is 211. The molecule has 0 saturated carbocycles. The fraction of sp³-hybridized carbons (Fsp3) is 0.800. The molecule has 2 N–H and O–H groups in total. The van der Waals surface area contributed by atoms with Crippen LogP contribution < -0.4 is 10.6 Å². The van der Waals surface area contributed by atoms with E-state index in [0.717, 1.165) is 6.29 Å². The molecule has 0 aliphatic rings. The highest BCUT2D eigenvalue weighted by Gasteiger charge is 2.15. The Labute approximate surface area is 90.6 Å². The maximum Gasteiger partial charge on any atom is 0.407 e. The third-order valence-corrected chi connectivity index (χ3v) is 1.66. The van der Waals surface area contributed by atoms with Gasteiger partial charge in [-0.1, -0.05) is 0 Å². The van der Waals surface area contributed by atoms with Gasteiger partial charge in [0.1, 0.15) is 11.9 Å². The number of nitrogens with one attached hydrogen (secondary N) is 2. The fourth-order valence-corrected chi connectivity index (χ4v) is 0.924. The molecule has 0 aliphatic heterocycles. The number of carbonyl (C=O) groups excluding carboxylic acids is 2. The highest BCUT2D eigenvalue weighted by atomic mass is 16.6. The molecule has 0 heterocycles. The summed E-state index contributed by atoms with van der Waals surface area (Å²) < 4.78 is 5.03. The first kappa shape index (κ1) is 13.9. The van der Waals surface area contributed by atoms with Crippen LogP contribution in [0.4, 0.5) is 4.79 Å². The number of hydrogen-bond acceptors (Lipinski definition) is 4. The molecular formula is C10H20N2O3. The zero-order chi connectivity index (χ0) is 11.9. The zero-order valence-electron chi connectivity index (χ0n) is 9.79. The van der Waals surface area contributed by atoms with Crippen LogP contribution in [-0.4, -0.2) is 37.6 Å². The van der Waals surface area contributed by atoms with Crippen LogP contribution in [0.15, 0.2) is 0 Å². The third kappa shape index (κ3) is 7.93. The summed E-state index contributed by atoms with van der Waals surface area (Å²) in [5.41, 5.74) is -0.489. The minimum absolute atomic E-state index is 0.222. The molecule has 1 unspecified atom stereocenters. The van der Waals surface area contributed by atoms with E-state index in [0.29, 0.717) is 13.0 Å². The van der Waals surface area contributed by atoms with Gasteiger partial charge in [0.25, 0.3) is 0 Å². The van der Waals surface area contributed by atoms with E-state index in [9.17, 15) is 9.59 Å². The first-order valence-corrected chi connectivity index (χ1v) is 4.98. The molecule has 0 rings (SSSR count). The van der Waals surface area contributed by atoms with E-state index in [4.69, 9.17) is 4.74 Å². The average Bonchev–Trinajstić information content (AvgIpc) is 2.09. The number of amides is 1. The number of likely N-dealkylation sites (N-methyl/N-ethyl adjacent to an activating group) is 1. The average molecular weight is 216 g/mol. The molecule has 0 bridgehead atoms. The molecule has 0 spiro atoms. The standard InChI is InChI=1S/C10H20N2O3/c1-10(2,3)15-9(14)12-6-5-8(7-13)11-4/h7-8,11H,5-6H2,1-4H3,(H,12,14). The second-order valence-electron chi connectivity index (χ2n) is 4.25. The predicted molar refractivity (Wildman–Crippen MR) is 57.8 cm³/mol. The largest absolute Gasteiger partial charge is 0.444 e. The van der Waals surface area contributed by atoms with Gasteiger partial charge in [-0.05, 0) is 34.2 Å². The second-order valence-corrected chi connectivity index (χ2v) is 4.25. The van der Waals surface area contributed by atoms with Crippen molar-refractivity contribution in [2.24, 2.45) is 0 Å². The lowest BCUT2D eigenvalue weighted by Gasteiger charge is -2.20. The molecule has 0 aromatic heterocycles. The van der Waals surface area contributed by atoms with E-state index in [1.54, 1.807) is 27.8 Å². The van der Waals surface area contributed by atoms with Gasteiger partial charge < -0.3 is 20.2 Å². The Kier molecular flexibility index (Phi) is 5.93. The van der Waals surface area contributed by atoms with Crippen molar-refractivity contribution in [2.75, 3.05) is 13.6 Å². The van der Waals surface area contributed by atoms with Crippen molar-refractivity contribution in [1.82, 2.24) is 10.6 Å². The molecule has 0 aromatic rings. The maximum absolute atomic E-state index is 11.2. The van der Waals surface area contributed by atoms with E-state index in [1.807, 2.05) is 0 Å². The quantitative estimate of drug-likeness (QED) is 0.663. The van der Waals surface area contributed by atoms with Gasteiger partial charge in [-0.15, -0.1) is 0 Å². The summed E-state index contributed by atoms with van der Waals surface area (Å²) in [6.07, 6.45) is 0.916. The van der Waals surface area contributed by atoms with Crippen molar-refractivity contribution in [2.45, 2.75) is 38.8 Å². The Morgan fingerprint density at radius 1 is 1.47 bits per heavy atom. The summed E-state index contributed by atoms with van der Waals surface area (Å²) in [7, 11) is 1.70. The zero-order valence-corrected chi connectivity index (χ0v) is 9.79. The number of aldehydes is 1. The van der Waals surface area contributed by atoms with Crippen molar-refractivity contribution in [3.63, 3.8) is 0 Å². The molecule has 88 valence electrons. The van der Waals surface area contributed by atoms with Crippen LogP contribution in [0.2, 0.25) is 0 Å². The lowest BCUT2D eigenvalue weighted by molar-refractivity contribution is -0.109. The molecule has 0 aromatic carbocycles. The van der Waals surface area contributed by atoms with Crippen LogP contribution in [0, 0.1) is 0 Å². The monoisotopic (exact) mass is 216 g/mol. The van der Waals surface area contributed by atoms with Crippen molar-refractivity contribution in [3.05, 3.63) is 0 Å². The predicted octanol–water partition coefficient (Wildman–Crippen LogP) is 0.688. The minimum Gasteiger partial charge on any atom is -0.444 e. The van der Waals surface area contributed by atoms with Crippen LogP contribution in [0.1, 0.15) is 27.2 Å². The van der Waals surface area contributed by atoms with Gasteiger partial charge in [-0.3, -0.25) is 0 Å². The smallest absolute Gasteiger partial charge is 0.407 e. The van der Waals surface area contributed by atoms with Gasteiger partial charge in [-0.2, -0.15) is 0 Å². The van der Waals surface area contributed by atoms with Crippen molar-refractivity contribution >= 4 is 12.4 Å². The first-order chi connectivity index (χ1) is 6.89. The van der Waals surface area contributed by atoms with Gasteiger partial charge in [-0.25, -0.2) is 4.79 Å². The SMILES string of the molecule is CNC(C=O)CCNC(=O)OC(C)(C)C. The van der Waals surface area contributed by atoms with E-state index < -0.39 is 11.7 Å². The van der Waals surface area contributed by atoms with Gasteiger partial charge in [0.15, 0.2) is 0 Å². The van der Waals surface area contributed by atoms with Crippen molar-refractivity contribution in [3.8, 4) is 0 Å². The number of ether oxygens (including phenoxy) is 1. The summed E-state index contributed by atoms with van der Waals surface area (Å²) >= 11 is 0. The van der Waals surface area contributed by atoms with Crippen molar-refractivity contribution in [1.29, 1.82) is 0 Å². The lowest BCUT2D eigenvalue weighted by Crippen LogP contribution is -2.36. The van der Waals surface area contributed by atoms with Gasteiger partial charge in [0.05, 0.1) is 6.04 Å². The Morgan fingerprint density at radius 3 is 2.47 bits per heavy atom. The highest BCUT2D eigenvalue weighted by Crippen LogP contribution is 2.06. The van der Waals surface area contributed by atoms with Crippen LogP contribution >= 0.6 is 0 Å². The third-order valence-electron chi connectivity index (χ3n) is 1.66. The van der Waals surface area contributed by atoms with E-state index in [-0.39, 0.29) is 6.04 Å². The molecule has 0 fully saturated rings. The number of carbonyl (C=O) groups is 2. The minimum atomic E-state index is -0.489. The first-order valence-electron chi connectivity index (χ1n) is 4.98. The molecule has 1 atom stereocenters. The van der Waals surface area contributed by atoms with Crippen LogP contribution in [0.3, 0.4) is 0 Å². The summed E-state index contributed by atoms with van der Waals surface area (Å²) in [5, 5.41) is 5.39. The maximum atomic E-state index is 11.2. The van der Waals surface area contributed by atoms with E-state index >= 15 is 0 Å². The summed E-state index contributed by atoms with van der Waals surface area (Å²) in [5.74, 6) is 0.